The molecule has 0 fully saturated rings. The van der Waals surface area contributed by atoms with Crippen LogP contribution in [0.3, 0.4) is 0 Å². The van der Waals surface area contributed by atoms with Gasteiger partial charge in [-0.3, -0.25) is 14.9 Å². The molecule has 0 aliphatic heterocycles. The number of nitro groups is 1. The summed E-state index contributed by atoms with van der Waals surface area (Å²) in [5.74, 6) is 0.272. The van der Waals surface area contributed by atoms with Crippen LogP contribution < -0.4 is 10.1 Å². The molecule has 0 aliphatic carbocycles. The number of H-pyrrole nitrogens is 1. The lowest BCUT2D eigenvalue weighted by Crippen LogP contribution is -2.29. The smallest absolute Gasteiger partial charge is 0.270 e. The fourth-order valence-electron chi connectivity index (χ4n) is 3.68. The quantitative estimate of drug-likeness (QED) is 0.339. The van der Waals surface area contributed by atoms with Crippen LogP contribution >= 0.6 is 0 Å². The highest BCUT2D eigenvalue weighted by molar-refractivity contribution is 5.95. The van der Waals surface area contributed by atoms with Crippen LogP contribution in [0.2, 0.25) is 0 Å². The van der Waals surface area contributed by atoms with Gasteiger partial charge in [0, 0.05) is 47.3 Å². The molecule has 4 aromatic rings. The molecule has 0 radical (unpaired) electrons. The number of aromatic nitrogens is 1. The molecule has 0 aliphatic rings. The normalized spacial score (nSPS) is 11.8. The van der Waals surface area contributed by atoms with Crippen molar-refractivity contribution in [2.24, 2.45) is 0 Å². The van der Waals surface area contributed by atoms with Gasteiger partial charge >= 0.3 is 0 Å². The zero-order valence-electron chi connectivity index (χ0n) is 16.9. The molecule has 1 amide bonds. The third kappa shape index (κ3) is 4.25. The predicted octanol–water partition coefficient (Wildman–Crippen LogP) is 4.65. The highest BCUT2D eigenvalue weighted by Gasteiger charge is 2.20. The van der Waals surface area contributed by atoms with Crippen molar-refractivity contribution in [2.75, 3.05) is 13.7 Å². The van der Waals surface area contributed by atoms with Crippen molar-refractivity contribution in [1.82, 2.24) is 10.3 Å². The van der Waals surface area contributed by atoms with Crippen LogP contribution in [0, 0.1) is 10.1 Å². The fraction of sp³-hybridized carbons (Fsp3) is 0.125. The minimum atomic E-state index is -0.511. The van der Waals surface area contributed by atoms with Gasteiger partial charge in [-0.15, -0.1) is 0 Å². The lowest BCUT2D eigenvalue weighted by atomic mass is 9.90. The second kappa shape index (κ2) is 8.71. The molecule has 1 unspecified atom stereocenters. The first-order valence-electron chi connectivity index (χ1n) is 9.79. The minimum absolute atomic E-state index is 0.115. The van der Waals surface area contributed by atoms with Gasteiger partial charge in [-0.2, -0.15) is 0 Å². The molecule has 156 valence electrons. The van der Waals surface area contributed by atoms with Crippen molar-refractivity contribution in [2.45, 2.75) is 5.92 Å². The zero-order valence-corrected chi connectivity index (χ0v) is 16.9. The molecule has 7 heteroatoms. The number of amides is 1. The maximum atomic E-state index is 12.7. The van der Waals surface area contributed by atoms with Crippen molar-refractivity contribution < 1.29 is 14.5 Å². The SMILES string of the molecule is COc1ccc(C(CNC(=O)c2cccc([N+](=O)[O-])c2)c2c[nH]c3ccccc23)cc1. The molecule has 0 bridgehead atoms. The topological polar surface area (TPSA) is 97.3 Å². The summed E-state index contributed by atoms with van der Waals surface area (Å²) in [5, 5.41) is 15.0. The van der Waals surface area contributed by atoms with E-state index in [1.54, 1.807) is 13.2 Å². The Morgan fingerprint density at radius 1 is 1.10 bits per heavy atom. The van der Waals surface area contributed by atoms with E-state index in [1.807, 2.05) is 54.7 Å². The Morgan fingerprint density at radius 3 is 2.61 bits per heavy atom. The molecule has 2 N–H and O–H groups in total. The summed E-state index contributed by atoms with van der Waals surface area (Å²) < 4.78 is 5.27. The summed E-state index contributed by atoms with van der Waals surface area (Å²) in [6.45, 7) is 0.329. The summed E-state index contributed by atoms with van der Waals surface area (Å²) in [7, 11) is 1.62. The number of nitrogens with one attached hydrogen (secondary N) is 2. The Morgan fingerprint density at radius 2 is 1.87 bits per heavy atom. The van der Waals surface area contributed by atoms with Crippen LogP contribution in [0.1, 0.15) is 27.4 Å². The van der Waals surface area contributed by atoms with E-state index in [-0.39, 0.29) is 23.1 Å². The highest BCUT2D eigenvalue weighted by atomic mass is 16.6. The first-order valence-corrected chi connectivity index (χ1v) is 9.79. The third-order valence-corrected chi connectivity index (χ3v) is 5.30. The monoisotopic (exact) mass is 415 g/mol. The van der Waals surface area contributed by atoms with Crippen LogP contribution in [0.4, 0.5) is 5.69 Å². The molecule has 1 aromatic heterocycles. The number of hydrogen-bond donors (Lipinski definition) is 2. The van der Waals surface area contributed by atoms with Crippen molar-refractivity contribution in [3.8, 4) is 5.75 Å². The Labute approximate surface area is 178 Å². The van der Waals surface area contributed by atoms with E-state index in [4.69, 9.17) is 4.74 Å². The Kier molecular flexibility index (Phi) is 5.66. The number of rotatable bonds is 7. The standard InChI is InChI=1S/C24H21N3O4/c1-31-19-11-9-16(10-12-19)21(22-15-25-23-8-3-2-7-20(22)23)14-26-24(28)17-5-4-6-18(13-17)27(29)30/h2-13,15,21,25H,14H2,1H3,(H,26,28). The average molecular weight is 415 g/mol. The van der Waals surface area contributed by atoms with Crippen LogP contribution in [0.5, 0.6) is 5.75 Å². The summed E-state index contributed by atoms with van der Waals surface area (Å²) in [6.07, 6.45) is 1.96. The van der Waals surface area contributed by atoms with E-state index < -0.39 is 4.92 Å². The number of carbonyl (C=O) groups excluding carboxylic acids is 1. The van der Waals surface area contributed by atoms with Crippen LogP contribution in [-0.2, 0) is 0 Å². The lowest BCUT2D eigenvalue weighted by Gasteiger charge is -2.18. The van der Waals surface area contributed by atoms with Gasteiger partial charge in [-0.1, -0.05) is 36.4 Å². The number of non-ortho nitro benzene ring substituents is 1. The number of hydrogen-bond acceptors (Lipinski definition) is 4. The second-order valence-corrected chi connectivity index (χ2v) is 7.13. The number of nitro benzene ring substituents is 1. The molecule has 4 rings (SSSR count). The van der Waals surface area contributed by atoms with Crippen LogP contribution in [-0.4, -0.2) is 29.5 Å². The van der Waals surface area contributed by atoms with E-state index in [1.165, 1.54) is 18.2 Å². The summed E-state index contributed by atoms with van der Waals surface area (Å²) in [4.78, 5) is 26.5. The molecule has 3 aromatic carbocycles. The molecule has 0 saturated carbocycles. The number of aromatic amines is 1. The van der Waals surface area contributed by atoms with Gasteiger partial charge < -0.3 is 15.0 Å². The van der Waals surface area contributed by atoms with Crippen molar-refractivity contribution >= 4 is 22.5 Å². The fourth-order valence-corrected chi connectivity index (χ4v) is 3.68. The maximum Gasteiger partial charge on any atom is 0.270 e. The maximum absolute atomic E-state index is 12.7. The Balaban J connectivity index is 1.64. The van der Waals surface area contributed by atoms with Gasteiger partial charge in [0.05, 0.1) is 12.0 Å². The van der Waals surface area contributed by atoms with Crippen molar-refractivity contribution in [3.63, 3.8) is 0 Å². The van der Waals surface area contributed by atoms with E-state index in [9.17, 15) is 14.9 Å². The number of nitrogens with zero attached hydrogens (tertiary/aromatic N) is 1. The van der Waals surface area contributed by atoms with Crippen molar-refractivity contribution in [1.29, 1.82) is 0 Å². The van der Waals surface area contributed by atoms with Gasteiger partial charge in [-0.05, 0) is 35.4 Å². The molecule has 7 nitrogen and oxygen atoms in total. The third-order valence-electron chi connectivity index (χ3n) is 5.30. The van der Waals surface area contributed by atoms with Gasteiger partial charge in [0.15, 0.2) is 0 Å². The largest absolute Gasteiger partial charge is 0.497 e. The van der Waals surface area contributed by atoms with Gasteiger partial charge in [0.2, 0.25) is 0 Å². The molecular weight excluding hydrogens is 394 g/mol. The molecule has 0 saturated heterocycles. The molecule has 0 spiro atoms. The lowest BCUT2D eigenvalue weighted by molar-refractivity contribution is -0.384. The Hall–Kier alpha value is -4.13. The predicted molar refractivity (Wildman–Crippen MR) is 119 cm³/mol. The van der Waals surface area contributed by atoms with Crippen LogP contribution in [0.25, 0.3) is 10.9 Å². The van der Waals surface area contributed by atoms with Gasteiger partial charge in [0.1, 0.15) is 5.75 Å². The van der Waals surface area contributed by atoms with Gasteiger partial charge in [-0.25, -0.2) is 0 Å². The number of ether oxygens (including phenoxy) is 1. The zero-order chi connectivity index (χ0) is 21.8. The number of para-hydroxylation sites is 1. The van der Waals surface area contributed by atoms with Crippen LogP contribution in [0.15, 0.2) is 79.0 Å². The molecule has 1 atom stereocenters. The number of carbonyl (C=O) groups is 1. The second-order valence-electron chi connectivity index (χ2n) is 7.13. The van der Waals surface area contributed by atoms with Crippen molar-refractivity contribution in [3.05, 3.63) is 106 Å². The van der Waals surface area contributed by atoms with E-state index in [2.05, 4.69) is 10.3 Å². The first kappa shape index (κ1) is 20.2. The molecule has 31 heavy (non-hydrogen) atoms. The number of methoxy groups -OCH3 is 1. The minimum Gasteiger partial charge on any atom is -0.497 e. The van der Waals surface area contributed by atoms with E-state index in [0.29, 0.717) is 6.54 Å². The number of fused-ring (bicyclic) bond motifs is 1. The molecular formula is C24H21N3O4. The first-order chi connectivity index (χ1) is 15.1. The highest BCUT2D eigenvalue weighted by Crippen LogP contribution is 2.31. The van der Waals surface area contributed by atoms with E-state index in [0.717, 1.165) is 27.8 Å². The summed E-state index contributed by atoms with van der Waals surface area (Å²) in [6, 6.07) is 21.4. The van der Waals surface area contributed by atoms with E-state index >= 15 is 0 Å². The number of benzene rings is 3. The molecule has 1 heterocycles. The summed E-state index contributed by atoms with van der Waals surface area (Å²) in [5.41, 5.74) is 3.23. The summed E-state index contributed by atoms with van der Waals surface area (Å²) >= 11 is 0. The van der Waals surface area contributed by atoms with Gasteiger partial charge in [0.25, 0.3) is 11.6 Å². The average Bonchev–Trinajstić information content (AvgIpc) is 3.23. The Bertz CT molecular complexity index is 1230.